The van der Waals surface area contributed by atoms with E-state index in [9.17, 15) is 0 Å². The molecule has 10 rings (SSSR count). The van der Waals surface area contributed by atoms with Crippen molar-refractivity contribution in [1.29, 1.82) is 0 Å². The second-order valence-corrected chi connectivity index (χ2v) is 12.1. The van der Waals surface area contributed by atoms with Gasteiger partial charge < -0.3 is 9.30 Å². The Morgan fingerprint density at radius 2 is 1.04 bits per heavy atom. The van der Waals surface area contributed by atoms with Crippen LogP contribution in [0, 0.1) is 0 Å². The topological polar surface area (TPSA) is 14.2 Å². The molecule has 0 unspecified atom stereocenters. The summed E-state index contributed by atoms with van der Waals surface area (Å²) in [7, 11) is 0. The van der Waals surface area contributed by atoms with Gasteiger partial charge in [-0.05, 0) is 86.4 Å². The van der Waals surface area contributed by atoms with Crippen LogP contribution in [0.25, 0.3) is 82.4 Å². The fourth-order valence-corrected chi connectivity index (χ4v) is 7.51. The second kappa shape index (κ2) is 9.69. The lowest BCUT2D eigenvalue weighted by Crippen LogP contribution is -1.98. The highest BCUT2D eigenvalue weighted by atomic mass is 16.5. The summed E-state index contributed by atoms with van der Waals surface area (Å²) in [5.41, 5.74) is 10.8. The maximum absolute atomic E-state index is 6.39. The highest BCUT2D eigenvalue weighted by Gasteiger charge is 2.22. The average Bonchev–Trinajstić information content (AvgIpc) is 3.44. The normalized spacial score (nSPS) is 12.1. The number of ether oxygens (including phenoxy) is 1. The molecule has 214 valence electrons. The third-order valence-corrected chi connectivity index (χ3v) is 9.59. The summed E-state index contributed by atoms with van der Waals surface area (Å²) >= 11 is 0. The van der Waals surface area contributed by atoms with Crippen LogP contribution in [0.4, 0.5) is 0 Å². The Morgan fingerprint density at radius 3 is 1.91 bits per heavy atom. The van der Waals surface area contributed by atoms with Gasteiger partial charge in [0, 0.05) is 27.4 Å². The van der Waals surface area contributed by atoms with Crippen LogP contribution in [-0.2, 0) is 0 Å². The van der Waals surface area contributed by atoms with E-state index in [1.807, 2.05) is 12.1 Å². The molecule has 46 heavy (non-hydrogen) atoms. The van der Waals surface area contributed by atoms with E-state index in [1.54, 1.807) is 0 Å². The molecular formula is C44H27NO. The Labute approximate surface area is 266 Å². The van der Waals surface area contributed by atoms with Crippen molar-refractivity contribution in [3.8, 4) is 50.6 Å². The van der Waals surface area contributed by atoms with Crippen molar-refractivity contribution in [2.45, 2.75) is 0 Å². The minimum atomic E-state index is 0.909. The molecule has 0 saturated carbocycles. The molecule has 0 N–H and O–H groups in total. The number of aromatic nitrogens is 1. The summed E-state index contributed by atoms with van der Waals surface area (Å²) in [6, 6.07) is 59.0. The molecule has 0 radical (unpaired) electrons. The first-order valence-electron chi connectivity index (χ1n) is 15.8. The Morgan fingerprint density at radius 1 is 0.370 bits per heavy atom. The van der Waals surface area contributed by atoms with Crippen LogP contribution in [0.15, 0.2) is 164 Å². The second-order valence-electron chi connectivity index (χ2n) is 12.1. The van der Waals surface area contributed by atoms with Crippen molar-refractivity contribution in [2.75, 3.05) is 0 Å². The number of rotatable bonds is 3. The molecule has 8 aromatic carbocycles. The van der Waals surface area contributed by atoms with E-state index >= 15 is 0 Å². The summed E-state index contributed by atoms with van der Waals surface area (Å²) in [5.74, 6) is 1.82. The van der Waals surface area contributed by atoms with Gasteiger partial charge in [0.25, 0.3) is 0 Å². The average molecular weight is 586 g/mol. The summed E-state index contributed by atoms with van der Waals surface area (Å²) in [5, 5.41) is 7.43. The molecule has 1 aromatic heterocycles. The molecule has 0 saturated heterocycles. The van der Waals surface area contributed by atoms with Crippen molar-refractivity contribution in [3.63, 3.8) is 0 Å². The van der Waals surface area contributed by atoms with Crippen molar-refractivity contribution in [3.05, 3.63) is 164 Å². The zero-order valence-electron chi connectivity index (χ0n) is 24.9. The highest BCUT2D eigenvalue weighted by Crippen LogP contribution is 2.49. The summed E-state index contributed by atoms with van der Waals surface area (Å²) in [6.45, 7) is 0. The Hall–Kier alpha value is -6.12. The van der Waals surface area contributed by atoms with Crippen LogP contribution in [0.5, 0.6) is 11.5 Å². The molecule has 0 atom stereocenters. The van der Waals surface area contributed by atoms with Crippen LogP contribution < -0.4 is 4.74 Å². The molecular weight excluding hydrogens is 558 g/mol. The van der Waals surface area contributed by atoms with E-state index in [0.717, 1.165) is 22.7 Å². The van der Waals surface area contributed by atoms with Gasteiger partial charge in [0.1, 0.15) is 11.5 Å². The Balaban J connectivity index is 1.13. The fraction of sp³-hybridized carbons (Fsp3) is 0. The number of hydrogen-bond donors (Lipinski definition) is 0. The van der Waals surface area contributed by atoms with Crippen LogP contribution >= 0.6 is 0 Å². The fourth-order valence-electron chi connectivity index (χ4n) is 7.51. The molecule has 9 aromatic rings. The molecule has 1 aliphatic heterocycles. The third-order valence-electron chi connectivity index (χ3n) is 9.59. The predicted octanol–water partition coefficient (Wildman–Crippen LogP) is 12.2. The summed E-state index contributed by atoms with van der Waals surface area (Å²) in [6.07, 6.45) is 0. The quantitative estimate of drug-likeness (QED) is 0.201. The lowest BCUT2D eigenvalue weighted by atomic mass is 9.88. The minimum Gasteiger partial charge on any atom is -0.456 e. The molecule has 2 nitrogen and oxygen atoms in total. The molecule has 0 aliphatic carbocycles. The molecule has 0 amide bonds. The largest absolute Gasteiger partial charge is 0.456 e. The van der Waals surface area contributed by atoms with E-state index in [2.05, 4.69) is 156 Å². The lowest BCUT2D eigenvalue weighted by molar-refractivity contribution is 0.487. The Kier molecular flexibility index (Phi) is 5.31. The summed E-state index contributed by atoms with van der Waals surface area (Å²) < 4.78 is 8.79. The molecule has 1 aliphatic rings. The first-order chi connectivity index (χ1) is 22.8. The van der Waals surface area contributed by atoms with Crippen molar-refractivity contribution >= 4 is 43.4 Å². The van der Waals surface area contributed by atoms with E-state index in [0.29, 0.717) is 0 Å². The molecule has 0 bridgehead atoms. The van der Waals surface area contributed by atoms with Gasteiger partial charge in [-0.2, -0.15) is 0 Å². The lowest BCUT2D eigenvalue weighted by Gasteiger charge is -2.23. The van der Waals surface area contributed by atoms with Gasteiger partial charge in [-0.1, -0.05) is 121 Å². The van der Waals surface area contributed by atoms with Gasteiger partial charge in [0.15, 0.2) is 0 Å². The Bertz CT molecular complexity index is 2660. The number of benzene rings is 8. The van der Waals surface area contributed by atoms with Gasteiger partial charge >= 0.3 is 0 Å². The minimum absolute atomic E-state index is 0.909. The highest BCUT2D eigenvalue weighted by molar-refractivity contribution is 6.14. The van der Waals surface area contributed by atoms with Gasteiger partial charge in [-0.3, -0.25) is 0 Å². The van der Waals surface area contributed by atoms with Gasteiger partial charge in [-0.25, -0.2) is 0 Å². The number of nitrogens with zero attached hydrogens (tertiary/aromatic N) is 1. The smallest absolute Gasteiger partial charge is 0.135 e. The zero-order valence-corrected chi connectivity index (χ0v) is 24.9. The monoisotopic (exact) mass is 585 g/mol. The van der Waals surface area contributed by atoms with Crippen molar-refractivity contribution in [1.82, 2.24) is 4.57 Å². The van der Waals surface area contributed by atoms with E-state index in [1.165, 1.54) is 71.2 Å². The van der Waals surface area contributed by atoms with Crippen molar-refractivity contribution in [2.24, 2.45) is 0 Å². The maximum Gasteiger partial charge on any atom is 0.135 e. The standard InChI is InChI=1S/C44H27NO/c1-2-11-30-27-41-39(26-29(30)10-1)35-14-5-7-18-40(35)45(41)31-22-20-28(21-23-31)32-12-3-4-13-33(32)34-24-25-43-44-37(34)16-9-17-38(44)36-15-6-8-19-42(36)46-43/h1-27H. The van der Waals surface area contributed by atoms with E-state index in [4.69, 9.17) is 4.74 Å². The van der Waals surface area contributed by atoms with Gasteiger partial charge in [0.2, 0.25) is 0 Å². The van der Waals surface area contributed by atoms with Crippen LogP contribution in [-0.4, -0.2) is 4.57 Å². The predicted molar refractivity (Wildman–Crippen MR) is 192 cm³/mol. The van der Waals surface area contributed by atoms with Crippen LogP contribution in [0.1, 0.15) is 0 Å². The maximum atomic E-state index is 6.39. The van der Waals surface area contributed by atoms with Gasteiger partial charge in [0.05, 0.1) is 11.0 Å². The van der Waals surface area contributed by atoms with E-state index in [-0.39, 0.29) is 0 Å². The number of para-hydroxylation sites is 2. The molecule has 0 fully saturated rings. The number of fused-ring (bicyclic) bond motifs is 6. The van der Waals surface area contributed by atoms with E-state index < -0.39 is 0 Å². The molecule has 2 heterocycles. The summed E-state index contributed by atoms with van der Waals surface area (Å²) in [4.78, 5) is 0. The first kappa shape index (κ1) is 25.2. The zero-order chi connectivity index (χ0) is 30.2. The molecule has 0 spiro atoms. The van der Waals surface area contributed by atoms with Crippen LogP contribution in [0.3, 0.4) is 0 Å². The molecule has 2 heteroatoms. The SMILES string of the molecule is c1ccc2c(c1)Oc1ccc(-c3ccccc3-c3ccc(-n4c5ccccc5c5cc6ccccc6cc54)cc3)c3cccc-2c13. The van der Waals surface area contributed by atoms with Gasteiger partial charge in [-0.15, -0.1) is 0 Å². The third kappa shape index (κ3) is 3.65. The number of hydrogen-bond acceptors (Lipinski definition) is 1. The van der Waals surface area contributed by atoms with Crippen LogP contribution in [0.2, 0.25) is 0 Å². The first-order valence-corrected chi connectivity index (χ1v) is 15.8. The van der Waals surface area contributed by atoms with Crippen molar-refractivity contribution < 1.29 is 4.74 Å².